The lowest BCUT2D eigenvalue weighted by Crippen LogP contribution is -2.65. The van der Waals surface area contributed by atoms with Crippen molar-refractivity contribution in [1.82, 2.24) is 0 Å². The van der Waals surface area contributed by atoms with Gasteiger partial charge in [-0.2, -0.15) is 0 Å². The molecule has 1 aliphatic heterocycles. The molecule has 5 heteroatoms. The van der Waals surface area contributed by atoms with Crippen molar-refractivity contribution in [1.29, 1.82) is 0 Å². The van der Waals surface area contributed by atoms with Crippen molar-refractivity contribution in [3.63, 3.8) is 0 Å². The second-order valence-electron chi connectivity index (χ2n) is 9.14. The van der Waals surface area contributed by atoms with Crippen LogP contribution in [-0.4, -0.2) is 30.3 Å². The van der Waals surface area contributed by atoms with E-state index in [0.29, 0.717) is 0 Å². The molecule has 1 aromatic rings. The number of ether oxygens (including phenoxy) is 1. The number of hydrogen-bond acceptors (Lipinski definition) is 3. The van der Waals surface area contributed by atoms with E-state index in [9.17, 15) is 0 Å². The molecule has 2 aliphatic rings. The summed E-state index contributed by atoms with van der Waals surface area (Å²) in [5.41, 5.74) is 2.98. The molecule has 26 heavy (non-hydrogen) atoms. The molecule has 0 saturated heterocycles. The van der Waals surface area contributed by atoms with E-state index >= 15 is 0 Å². The molecule has 0 amide bonds. The third kappa shape index (κ3) is 4.53. The van der Waals surface area contributed by atoms with Gasteiger partial charge in [-0.3, -0.25) is 4.48 Å². The summed E-state index contributed by atoms with van der Waals surface area (Å²) < 4.78 is 8.98. The molecule has 1 aromatic carbocycles. The van der Waals surface area contributed by atoms with Crippen LogP contribution in [0.4, 0.5) is 0 Å². The van der Waals surface area contributed by atoms with Crippen LogP contribution in [0, 0.1) is 3.57 Å². The van der Waals surface area contributed by atoms with Gasteiger partial charge in [0.25, 0.3) is 0 Å². The average Bonchev–Trinajstić information content (AvgIpc) is 2.48. The van der Waals surface area contributed by atoms with Crippen LogP contribution in [0.25, 0.3) is 0 Å². The number of carboxylic acid groups (broad SMARTS) is 1. The molecular formula is C21H32INO3. The van der Waals surface area contributed by atoms with E-state index in [0.717, 1.165) is 23.7 Å². The fourth-order valence-corrected chi connectivity index (χ4v) is 4.80. The minimum absolute atomic E-state index is 0.00553. The fourth-order valence-electron chi connectivity index (χ4n) is 4.01. The van der Waals surface area contributed by atoms with Gasteiger partial charge in [0.1, 0.15) is 12.3 Å². The quantitative estimate of drug-likeness (QED) is 0.423. The van der Waals surface area contributed by atoms with Crippen LogP contribution in [0.1, 0.15) is 70.9 Å². The first-order valence-electron chi connectivity index (χ1n) is 9.41. The van der Waals surface area contributed by atoms with E-state index in [2.05, 4.69) is 69.6 Å². The average molecular weight is 473 g/mol. The summed E-state index contributed by atoms with van der Waals surface area (Å²) in [6.07, 6.45) is 6.34. The highest BCUT2D eigenvalue weighted by Gasteiger charge is 2.52. The molecule has 0 atom stereocenters. The zero-order chi connectivity index (χ0) is 19.8. The van der Waals surface area contributed by atoms with E-state index < -0.39 is 5.97 Å². The Balaban J connectivity index is 0.000000552. The largest absolute Gasteiger partial charge is 0.550 e. The van der Waals surface area contributed by atoms with Gasteiger partial charge in [0, 0.05) is 18.8 Å². The second-order valence-corrected chi connectivity index (χ2v) is 10.3. The van der Waals surface area contributed by atoms with Crippen LogP contribution in [0.5, 0.6) is 5.75 Å². The summed E-state index contributed by atoms with van der Waals surface area (Å²) in [6.45, 7) is 8.92. The second kappa shape index (κ2) is 7.66. The first kappa shape index (κ1) is 21.5. The van der Waals surface area contributed by atoms with Crippen molar-refractivity contribution in [2.24, 2.45) is 0 Å². The van der Waals surface area contributed by atoms with E-state index in [-0.39, 0.29) is 11.1 Å². The SMILES string of the molecule is CC(=O)[O-].CC(C)(C)c1cc(I)c2c(c1)C[N+](C)(C)C1(CCCCC1)O2. The summed E-state index contributed by atoms with van der Waals surface area (Å²) >= 11 is 2.47. The molecule has 1 spiro atoms. The number of nitrogens with zero attached hydrogens (tertiary/aromatic N) is 1. The van der Waals surface area contributed by atoms with E-state index in [1.807, 2.05) is 0 Å². The van der Waals surface area contributed by atoms with Crippen LogP contribution >= 0.6 is 22.6 Å². The van der Waals surface area contributed by atoms with Crippen LogP contribution < -0.4 is 9.84 Å². The summed E-state index contributed by atoms with van der Waals surface area (Å²) in [6, 6.07) is 4.70. The van der Waals surface area contributed by atoms with Crippen molar-refractivity contribution < 1.29 is 19.1 Å². The number of fused-ring (bicyclic) bond motifs is 1. The number of benzene rings is 1. The molecule has 1 heterocycles. The maximum absolute atomic E-state index is 8.89. The lowest BCUT2D eigenvalue weighted by molar-refractivity contribution is -0.980. The van der Waals surface area contributed by atoms with Crippen LogP contribution in [0.15, 0.2) is 12.1 Å². The lowest BCUT2D eigenvalue weighted by Gasteiger charge is -2.53. The predicted molar refractivity (Wildman–Crippen MR) is 111 cm³/mol. The molecule has 0 bridgehead atoms. The lowest BCUT2D eigenvalue weighted by atomic mass is 9.84. The Morgan fingerprint density at radius 1 is 1.19 bits per heavy atom. The Morgan fingerprint density at radius 2 is 1.73 bits per heavy atom. The zero-order valence-electron chi connectivity index (χ0n) is 16.9. The van der Waals surface area contributed by atoms with Crippen molar-refractivity contribution >= 4 is 28.6 Å². The Morgan fingerprint density at radius 3 is 2.23 bits per heavy atom. The molecule has 4 nitrogen and oxygen atoms in total. The maximum Gasteiger partial charge on any atom is 0.243 e. The maximum atomic E-state index is 8.89. The number of carbonyl (C=O) groups is 1. The molecule has 0 unspecified atom stereocenters. The first-order chi connectivity index (χ1) is 11.9. The topological polar surface area (TPSA) is 49.4 Å². The standard InChI is InChI=1S/C19H29INO.C2H4O2/c1-18(2,3)15-11-14-13-21(4,5)19(9-7-6-8-10-19)22-17(14)16(20)12-15;1-2(3)4/h11-12H,6-10,13H2,1-5H3;1H3,(H,3,4)/q+1;/p-1. The number of halogens is 1. The van der Waals surface area contributed by atoms with Crippen LogP contribution in [-0.2, 0) is 16.8 Å². The van der Waals surface area contributed by atoms with Gasteiger partial charge in [0.15, 0.2) is 0 Å². The van der Waals surface area contributed by atoms with Crippen molar-refractivity contribution in [3.05, 3.63) is 26.8 Å². The first-order valence-corrected chi connectivity index (χ1v) is 10.5. The van der Waals surface area contributed by atoms with Gasteiger partial charge in [0.2, 0.25) is 5.72 Å². The third-order valence-corrected chi connectivity index (χ3v) is 6.38. The number of quaternary nitrogens is 1. The van der Waals surface area contributed by atoms with Gasteiger partial charge < -0.3 is 14.6 Å². The molecule has 0 radical (unpaired) electrons. The Hall–Kier alpha value is -0.820. The minimum Gasteiger partial charge on any atom is -0.550 e. The van der Waals surface area contributed by atoms with Crippen molar-refractivity contribution in [3.8, 4) is 5.75 Å². The van der Waals surface area contributed by atoms with Gasteiger partial charge in [0.05, 0.1) is 23.2 Å². The Labute approximate surface area is 171 Å². The molecule has 3 rings (SSSR count). The predicted octanol–water partition coefficient (Wildman–Crippen LogP) is 3.97. The molecule has 0 N–H and O–H groups in total. The number of rotatable bonds is 0. The van der Waals surface area contributed by atoms with Gasteiger partial charge in [-0.1, -0.05) is 27.2 Å². The van der Waals surface area contributed by atoms with E-state index in [1.165, 1.54) is 46.8 Å². The number of aliphatic carboxylic acids is 1. The Bertz CT molecular complexity index is 667. The molecular weight excluding hydrogens is 441 g/mol. The summed E-state index contributed by atoms with van der Waals surface area (Å²) in [7, 11) is 4.70. The summed E-state index contributed by atoms with van der Waals surface area (Å²) in [5, 5.41) is 8.89. The van der Waals surface area contributed by atoms with Crippen molar-refractivity contribution in [2.75, 3.05) is 14.1 Å². The van der Waals surface area contributed by atoms with Gasteiger partial charge in [-0.05, 0) is 65.5 Å². The molecule has 1 fully saturated rings. The van der Waals surface area contributed by atoms with E-state index in [1.54, 1.807) is 0 Å². The molecule has 1 aliphatic carbocycles. The van der Waals surface area contributed by atoms with Gasteiger partial charge in [-0.25, -0.2) is 0 Å². The molecule has 1 saturated carbocycles. The minimum atomic E-state index is -1.08. The monoisotopic (exact) mass is 473 g/mol. The van der Waals surface area contributed by atoms with Gasteiger partial charge >= 0.3 is 0 Å². The number of carbonyl (C=O) groups excluding carboxylic acids is 1. The number of carboxylic acids is 1. The van der Waals surface area contributed by atoms with Crippen LogP contribution in [0.2, 0.25) is 0 Å². The highest BCUT2D eigenvalue weighted by Crippen LogP contribution is 2.47. The smallest absolute Gasteiger partial charge is 0.243 e. The number of hydrogen-bond donors (Lipinski definition) is 0. The fraction of sp³-hybridized carbons (Fsp3) is 0.667. The third-order valence-electron chi connectivity index (χ3n) is 5.58. The molecule has 0 aromatic heterocycles. The summed E-state index contributed by atoms with van der Waals surface area (Å²) in [5.74, 6) is 0.0768. The normalized spacial score (nSPS) is 20.4. The van der Waals surface area contributed by atoms with Gasteiger partial charge in [-0.15, -0.1) is 0 Å². The highest BCUT2D eigenvalue weighted by atomic mass is 127. The van der Waals surface area contributed by atoms with E-state index in [4.69, 9.17) is 14.6 Å². The van der Waals surface area contributed by atoms with Crippen molar-refractivity contribution in [2.45, 2.75) is 77.5 Å². The zero-order valence-corrected chi connectivity index (χ0v) is 19.1. The van der Waals surface area contributed by atoms with Crippen LogP contribution in [0.3, 0.4) is 0 Å². The Kier molecular flexibility index (Phi) is 6.33. The summed E-state index contributed by atoms with van der Waals surface area (Å²) in [4.78, 5) is 8.89. The highest BCUT2D eigenvalue weighted by molar-refractivity contribution is 14.1. The molecule has 146 valence electrons.